The van der Waals surface area contributed by atoms with Gasteiger partial charge >= 0.3 is 11.7 Å². The van der Waals surface area contributed by atoms with Crippen LogP contribution in [-0.2, 0) is 6.42 Å². The van der Waals surface area contributed by atoms with E-state index in [4.69, 9.17) is 5.73 Å². The third-order valence-corrected chi connectivity index (χ3v) is 4.52. The lowest BCUT2D eigenvalue weighted by molar-refractivity contribution is -0.383. The van der Waals surface area contributed by atoms with Gasteiger partial charge in [0.1, 0.15) is 17.8 Å². The Morgan fingerprint density at radius 3 is 2.88 bits per heavy atom. The molecule has 2 amide bonds. The number of amides is 2. The minimum Gasteiger partial charge on any atom is -0.353 e. The molecule has 128 valence electrons. The third kappa shape index (κ3) is 2.22. The number of nitrogens with zero attached hydrogens (tertiary/aromatic N) is 6. The fourth-order valence-electron chi connectivity index (χ4n) is 3.01. The molecular weight excluding hydrogens is 314 g/mol. The molecule has 2 aromatic heterocycles. The molecule has 1 aliphatic heterocycles. The molecule has 0 aromatic carbocycles. The first-order chi connectivity index (χ1) is 11.4. The van der Waals surface area contributed by atoms with E-state index in [0.717, 1.165) is 24.3 Å². The molecule has 0 fully saturated rings. The van der Waals surface area contributed by atoms with Crippen LogP contribution in [0.25, 0.3) is 5.65 Å². The van der Waals surface area contributed by atoms with Crippen molar-refractivity contribution in [1.29, 1.82) is 0 Å². The van der Waals surface area contributed by atoms with Gasteiger partial charge in [-0.3, -0.25) is 15.0 Å². The summed E-state index contributed by atoms with van der Waals surface area (Å²) in [5.74, 6) is 1.09. The van der Waals surface area contributed by atoms with Crippen molar-refractivity contribution in [1.82, 2.24) is 14.6 Å². The van der Waals surface area contributed by atoms with Gasteiger partial charge < -0.3 is 10.6 Å². The zero-order valence-electron chi connectivity index (χ0n) is 13.8. The molecule has 10 heteroatoms. The first-order valence-corrected chi connectivity index (χ1v) is 7.71. The van der Waals surface area contributed by atoms with Gasteiger partial charge in [-0.15, -0.1) is 0 Å². The molecule has 3 rings (SSSR count). The quantitative estimate of drug-likeness (QED) is 0.665. The number of carbonyl (C=O) groups excluding carboxylic acids is 1. The van der Waals surface area contributed by atoms with Crippen LogP contribution in [0.4, 0.5) is 22.1 Å². The van der Waals surface area contributed by atoms with Crippen molar-refractivity contribution in [2.75, 3.05) is 23.4 Å². The topological polar surface area (TPSA) is 123 Å². The third-order valence-electron chi connectivity index (χ3n) is 4.52. The van der Waals surface area contributed by atoms with E-state index in [9.17, 15) is 14.9 Å². The van der Waals surface area contributed by atoms with Crippen LogP contribution in [0, 0.1) is 10.1 Å². The van der Waals surface area contributed by atoms with Crippen molar-refractivity contribution >= 4 is 29.0 Å². The molecule has 1 aliphatic rings. The van der Waals surface area contributed by atoms with Crippen LogP contribution in [0.1, 0.15) is 25.8 Å². The second-order valence-corrected chi connectivity index (χ2v) is 5.86. The lowest BCUT2D eigenvalue weighted by Gasteiger charge is -2.27. The van der Waals surface area contributed by atoms with Crippen LogP contribution in [0.5, 0.6) is 0 Å². The minimum atomic E-state index is -0.668. The number of anilines is 2. The molecule has 0 bridgehead atoms. The summed E-state index contributed by atoms with van der Waals surface area (Å²) in [6.45, 7) is 4.89. The highest BCUT2D eigenvalue weighted by molar-refractivity contribution is 5.91. The van der Waals surface area contributed by atoms with Gasteiger partial charge in [0.25, 0.3) is 0 Å². The number of primary amides is 1. The largest absolute Gasteiger partial charge is 0.353 e. The SMILES string of the molecule is CCC(C)N1CCc2c(N(C)C(N)=O)nc3c([N+](=O)[O-])cnn3c21. The first kappa shape index (κ1) is 16.0. The summed E-state index contributed by atoms with van der Waals surface area (Å²) in [4.78, 5) is 30.0. The summed E-state index contributed by atoms with van der Waals surface area (Å²) in [7, 11) is 1.51. The molecule has 0 saturated carbocycles. The number of hydrogen-bond acceptors (Lipinski definition) is 6. The van der Waals surface area contributed by atoms with Gasteiger partial charge in [0.15, 0.2) is 0 Å². The van der Waals surface area contributed by atoms with Crippen LogP contribution < -0.4 is 15.5 Å². The number of hydrogen-bond donors (Lipinski definition) is 1. The molecule has 0 saturated heterocycles. The van der Waals surface area contributed by atoms with E-state index in [1.165, 1.54) is 22.7 Å². The maximum absolute atomic E-state index is 11.6. The van der Waals surface area contributed by atoms with Crippen molar-refractivity contribution < 1.29 is 9.72 Å². The normalized spacial score (nSPS) is 14.7. The molecule has 10 nitrogen and oxygen atoms in total. The molecule has 1 unspecified atom stereocenters. The Balaban J connectivity index is 2.32. The fourth-order valence-corrected chi connectivity index (χ4v) is 3.01. The van der Waals surface area contributed by atoms with Crippen molar-refractivity contribution in [3.63, 3.8) is 0 Å². The van der Waals surface area contributed by atoms with Gasteiger partial charge in [0.05, 0.1) is 4.92 Å². The minimum absolute atomic E-state index is 0.108. The van der Waals surface area contributed by atoms with Gasteiger partial charge in [-0.2, -0.15) is 9.61 Å². The van der Waals surface area contributed by atoms with E-state index in [-0.39, 0.29) is 17.4 Å². The van der Waals surface area contributed by atoms with Crippen LogP contribution in [0.15, 0.2) is 6.20 Å². The molecule has 0 radical (unpaired) electrons. The number of fused-ring (bicyclic) bond motifs is 3. The van der Waals surface area contributed by atoms with E-state index >= 15 is 0 Å². The standard InChI is InChI=1S/C14H19N7O3/c1-4-8(2)19-6-5-9-11(18(3)14(15)22)17-12-10(21(23)24)7-16-20(12)13(9)19/h7-8H,4-6H2,1-3H3,(H2,15,22). The average Bonchev–Trinajstić information content (AvgIpc) is 3.15. The highest BCUT2D eigenvalue weighted by atomic mass is 16.6. The summed E-state index contributed by atoms with van der Waals surface area (Å²) in [5, 5.41) is 15.4. The van der Waals surface area contributed by atoms with Crippen molar-refractivity contribution in [3.05, 3.63) is 21.9 Å². The van der Waals surface area contributed by atoms with E-state index in [2.05, 4.69) is 28.8 Å². The Kier molecular flexibility index (Phi) is 3.74. The Labute approximate surface area is 138 Å². The lowest BCUT2D eigenvalue weighted by Crippen LogP contribution is -2.34. The van der Waals surface area contributed by atoms with E-state index in [1.807, 2.05) is 0 Å². The maximum atomic E-state index is 11.6. The van der Waals surface area contributed by atoms with Crippen LogP contribution in [0.3, 0.4) is 0 Å². The van der Waals surface area contributed by atoms with E-state index < -0.39 is 11.0 Å². The smallest absolute Gasteiger partial charge is 0.333 e. The highest BCUT2D eigenvalue weighted by Crippen LogP contribution is 2.38. The number of nitro groups is 1. The van der Waals surface area contributed by atoms with Crippen molar-refractivity contribution in [2.45, 2.75) is 32.7 Å². The van der Waals surface area contributed by atoms with Gasteiger partial charge in [-0.1, -0.05) is 6.92 Å². The summed E-state index contributed by atoms with van der Waals surface area (Å²) in [6, 6.07) is -0.440. The number of aromatic nitrogens is 3. The highest BCUT2D eigenvalue weighted by Gasteiger charge is 2.33. The van der Waals surface area contributed by atoms with Crippen molar-refractivity contribution in [3.8, 4) is 0 Å². The summed E-state index contributed by atoms with van der Waals surface area (Å²) >= 11 is 0. The van der Waals surface area contributed by atoms with Crippen molar-refractivity contribution in [2.24, 2.45) is 5.73 Å². The van der Waals surface area contributed by atoms with E-state index in [0.29, 0.717) is 12.2 Å². The zero-order chi connectivity index (χ0) is 17.6. The fraction of sp³-hybridized carbons (Fsp3) is 0.500. The molecule has 0 spiro atoms. The number of nitrogens with two attached hydrogens (primary N) is 1. The van der Waals surface area contributed by atoms with Crippen LogP contribution >= 0.6 is 0 Å². The predicted molar refractivity (Wildman–Crippen MR) is 88.4 cm³/mol. The van der Waals surface area contributed by atoms with Gasteiger partial charge in [0, 0.05) is 25.2 Å². The monoisotopic (exact) mass is 333 g/mol. The van der Waals surface area contributed by atoms with Gasteiger partial charge in [-0.05, 0) is 19.8 Å². The molecule has 3 heterocycles. The first-order valence-electron chi connectivity index (χ1n) is 7.71. The molecule has 2 N–H and O–H groups in total. The Hall–Kier alpha value is -2.91. The van der Waals surface area contributed by atoms with Gasteiger partial charge in [-0.25, -0.2) is 9.78 Å². The lowest BCUT2D eigenvalue weighted by atomic mass is 10.2. The summed E-state index contributed by atoms with van der Waals surface area (Å²) in [5.41, 5.74) is 6.11. The Morgan fingerprint density at radius 1 is 1.58 bits per heavy atom. The predicted octanol–water partition coefficient (Wildman–Crippen LogP) is 1.31. The van der Waals surface area contributed by atoms with Crippen LogP contribution in [0.2, 0.25) is 0 Å². The molecule has 0 aliphatic carbocycles. The number of carbonyl (C=O) groups is 1. The van der Waals surface area contributed by atoms with E-state index in [1.54, 1.807) is 0 Å². The van der Waals surface area contributed by atoms with Gasteiger partial charge in [0.2, 0.25) is 5.65 Å². The van der Waals surface area contributed by atoms with Crippen LogP contribution in [-0.4, -0.2) is 45.2 Å². The summed E-state index contributed by atoms with van der Waals surface area (Å²) < 4.78 is 1.49. The zero-order valence-corrected chi connectivity index (χ0v) is 13.8. The molecule has 24 heavy (non-hydrogen) atoms. The summed E-state index contributed by atoms with van der Waals surface area (Å²) in [6.07, 6.45) is 2.76. The molecular formula is C14H19N7O3. The average molecular weight is 333 g/mol. The number of rotatable bonds is 4. The number of urea groups is 1. The Bertz CT molecular complexity index is 831. The molecule has 2 aromatic rings. The molecule has 1 atom stereocenters. The second-order valence-electron chi connectivity index (χ2n) is 5.86. The maximum Gasteiger partial charge on any atom is 0.333 e. The second kappa shape index (κ2) is 5.62. The Morgan fingerprint density at radius 2 is 2.29 bits per heavy atom.